The van der Waals surface area contributed by atoms with Crippen LogP contribution in [0.5, 0.6) is 0 Å². The first kappa shape index (κ1) is 15.7. The topological polar surface area (TPSA) is 59.0 Å². The highest BCUT2D eigenvalue weighted by molar-refractivity contribution is 5.82. The Morgan fingerprint density at radius 3 is 2.91 bits per heavy atom. The van der Waals surface area contributed by atoms with Crippen molar-refractivity contribution in [1.29, 1.82) is 0 Å². The monoisotopic (exact) mass is 312 g/mol. The van der Waals surface area contributed by atoms with Crippen LogP contribution >= 0.6 is 0 Å². The van der Waals surface area contributed by atoms with Crippen molar-refractivity contribution >= 4 is 5.91 Å². The van der Waals surface area contributed by atoms with E-state index >= 15 is 0 Å². The average molecular weight is 312 g/mol. The highest BCUT2D eigenvalue weighted by Crippen LogP contribution is 2.25. The van der Waals surface area contributed by atoms with Crippen molar-refractivity contribution in [3.8, 4) is 5.69 Å². The number of carbonyl (C=O) groups excluding carboxylic acids is 1. The van der Waals surface area contributed by atoms with Crippen molar-refractivity contribution in [3.63, 3.8) is 0 Å². The van der Waals surface area contributed by atoms with Gasteiger partial charge < -0.3 is 10.6 Å². The van der Waals surface area contributed by atoms with Crippen LogP contribution in [0.25, 0.3) is 5.69 Å². The molecule has 1 fully saturated rings. The maximum atomic E-state index is 12.6. The molecule has 0 spiro atoms. The number of carbonyl (C=O) groups is 1. The minimum atomic E-state index is -0.310. The normalized spacial score (nSPS) is 21.1. The third kappa shape index (κ3) is 3.45. The lowest BCUT2D eigenvalue weighted by molar-refractivity contribution is -0.131. The second-order valence-electron chi connectivity index (χ2n) is 6.55. The Morgan fingerprint density at radius 2 is 2.22 bits per heavy atom. The van der Waals surface area contributed by atoms with Crippen LogP contribution in [0.15, 0.2) is 36.5 Å². The molecular weight excluding hydrogens is 288 g/mol. The van der Waals surface area contributed by atoms with Crippen molar-refractivity contribution in [2.75, 3.05) is 13.1 Å². The van der Waals surface area contributed by atoms with E-state index in [1.165, 1.54) is 0 Å². The smallest absolute Gasteiger partial charge is 0.227 e. The van der Waals surface area contributed by atoms with Gasteiger partial charge in [-0.05, 0) is 50.9 Å². The van der Waals surface area contributed by atoms with Crippen LogP contribution < -0.4 is 10.6 Å². The van der Waals surface area contributed by atoms with Gasteiger partial charge in [-0.25, -0.2) is 4.68 Å². The fourth-order valence-electron chi connectivity index (χ4n) is 3.07. The molecule has 1 aromatic carbocycles. The minimum Gasteiger partial charge on any atom is -0.351 e. The SMILES string of the molecule is Cc1ccn(-c2ccccc2CNC(=O)C2(C)CCCNC2)n1. The van der Waals surface area contributed by atoms with E-state index in [-0.39, 0.29) is 11.3 Å². The van der Waals surface area contributed by atoms with Crippen molar-refractivity contribution in [2.24, 2.45) is 5.41 Å². The molecule has 5 heteroatoms. The zero-order chi connectivity index (χ0) is 16.3. The van der Waals surface area contributed by atoms with Crippen LogP contribution in [0.4, 0.5) is 0 Å². The molecule has 23 heavy (non-hydrogen) atoms. The molecule has 0 aliphatic carbocycles. The van der Waals surface area contributed by atoms with Gasteiger partial charge in [0.15, 0.2) is 0 Å². The second kappa shape index (κ2) is 6.54. The molecule has 1 atom stereocenters. The Labute approximate surface area is 137 Å². The molecule has 2 N–H and O–H groups in total. The van der Waals surface area contributed by atoms with E-state index in [4.69, 9.17) is 0 Å². The third-order valence-corrected chi connectivity index (χ3v) is 4.55. The van der Waals surface area contributed by atoms with Crippen molar-refractivity contribution < 1.29 is 4.79 Å². The molecule has 1 unspecified atom stereocenters. The van der Waals surface area contributed by atoms with E-state index in [2.05, 4.69) is 15.7 Å². The number of nitrogens with one attached hydrogen (secondary N) is 2. The summed E-state index contributed by atoms with van der Waals surface area (Å²) in [6.45, 7) is 6.28. The minimum absolute atomic E-state index is 0.121. The number of nitrogens with zero attached hydrogens (tertiary/aromatic N) is 2. The lowest BCUT2D eigenvalue weighted by atomic mass is 9.82. The van der Waals surface area contributed by atoms with Gasteiger partial charge in [0.05, 0.1) is 16.8 Å². The van der Waals surface area contributed by atoms with Gasteiger partial charge in [-0.3, -0.25) is 4.79 Å². The largest absolute Gasteiger partial charge is 0.351 e. The summed E-state index contributed by atoms with van der Waals surface area (Å²) in [6.07, 6.45) is 3.93. The summed E-state index contributed by atoms with van der Waals surface area (Å²) in [5, 5.41) is 10.9. The average Bonchev–Trinajstić information content (AvgIpc) is 3.00. The van der Waals surface area contributed by atoms with Gasteiger partial charge in [-0.2, -0.15) is 5.10 Å². The van der Waals surface area contributed by atoms with E-state index in [9.17, 15) is 4.79 Å². The highest BCUT2D eigenvalue weighted by atomic mass is 16.2. The molecule has 0 radical (unpaired) electrons. The molecule has 1 amide bonds. The number of amides is 1. The molecule has 3 rings (SSSR count). The molecule has 1 saturated heterocycles. The molecule has 2 aromatic rings. The number of aromatic nitrogens is 2. The number of piperidine rings is 1. The standard InChI is InChI=1S/C18H24N4O/c1-14-8-11-22(21-14)16-7-4-3-6-15(16)12-20-17(23)18(2)9-5-10-19-13-18/h3-4,6-8,11,19H,5,9-10,12-13H2,1-2H3,(H,20,23). The summed E-state index contributed by atoms with van der Waals surface area (Å²) < 4.78 is 1.86. The fraction of sp³-hybridized carbons (Fsp3) is 0.444. The van der Waals surface area contributed by atoms with Crippen molar-refractivity contribution in [1.82, 2.24) is 20.4 Å². The zero-order valence-corrected chi connectivity index (χ0v) is 13.8. The molecule has 122 valence electrons. The molecule has 5 nitrogen and oxygen atoms in total. The van der Waals surface area contributed by atoms with Crippen LogP contribution in [-0.2, 0) is 11.3 Å². The molecule has 0 saturated carbocycles. The number of aryl methyl sites for hydroxylation is 1. The van der Waals surface area contributed by atoms with Gasteiger partial charge in [0, 0.05) is 19.3 Å². The third-order valence-electron chi connectivity index (χ3n) is 4.55. The Morgan fingerprint density at radius 1 is 1.39 bits per heavy atom. The predicted molar refractivity (Wildman–Crippen MR) is 90.4 cm³/mol. The van der Waals surface area contributed by atoms with E-state index < -0.39 is 0 Å². The van der Waals surface area contributed by atoms with E-state index in [0.29, 0.717) is 6.54 Å². The van der Waals surface area contributed by atoms with Gasteiger partial charge >= 0.3 is 0 Å². The van der Waals surface area contributed by atoms with Crippen LogP contribution in [-0.4, -0.2) is 28.8 Å². The van der Waals surface area contributed by atoms with E-state index in [0.717, 1.165) is 42.9 Å². The molecule has 1 aromatic heterocycles. The summed E-state index contributed by atoms with van der Waals surface area (Å²) in [6, 6.07) is 10.0. The highest BCUT2D eigenvalue weighted by Gasteiger charge is 2.34. The van der Waals surface area contributed by atoms with Crippen LogP contribution in [0.3, 0.4) is 0 Å². The van der Waals surface area contributed by atoms with Crippen molar-refractivity contribution in [2.45, 2.75) is 33.2 Å². The van der Waals surface area contributed by atoms with Gasteiger partial charge in [-0.1, -0.05) is 18.2 Å². The van der Waals surface area contributed by atoms with Gasteiger partial charge in [-0.15, -0.1) is 0 Å². The van der Waals surface area contributed by atoms with Crippen LogP contribution in [0.2, 0.25) is 0 Å². The summed E-state index contributed by atoms with van der Waals surface area (Å²) in [5.74, 6) is 0.121. The summed E-state index contributed by atoms with van der Waals surface area (Å²) in [5.41, 5.74) is 2.74. The number of para-hydroxylation sites is 1. The lowest BCUT2D eigenvalue weighted by Gasteiger charge is -2.32. The van der Waals surface area contributed by atoms with Gasteiger partial charge in [0.1, 0.15) is 0 Å². The Bertz CT molecular complexity index is 686. The maximum absolute atomic E-state index is 12.6. The zero-order valence-electron chi connectivity index (χ0n) is 13.8. The first-order chi connectivity index (χ1) is 11.1. The fourth-order valence-corrected chi connectivity index (χ4v) is 3.07. The second-order valence-corrected chi connectivity index (χ2v) is 6.55. The maximum Gasteiger partial charge on any atom is 0.227 e. The number of hydrogen-bond acceptors (Lipinski definition) is 3. The quantitative estimate of drug-likeness (QED) is 0.910. The number of rotatable bonds is 4. The van der Waals surface area contributed by atoms with E-state index in [1.54, 1.807) is 0 Å². The Hall–Kier alpha value is -2.14. The summed E-state index contributed by atoms with van der Waals surface area (Å²) in [4.78, 5) is 12.6. The Kier molecular flexibility index (Phi) is 4.48. The van der Waals surface area contributed by atoms with E-state index in [1.807, 2.05) is 55.1 Å². The predicted octanol–water partition coefficient (Wildman–Crippen LogP) is 2.19. The summed E-state index contributed by atoms with van der Waals surface area (Å²) in [7, 11) is 0. The lowest BCUT2D eigenvalue weighted by Crippen LogP contribution is -2.48. The number of benzene rings is 1. The molecule has 1 aliphatic heterocycles. The molecule has 1 aliphatic rings. The van der Waals surface area contributed by atoms with Gasteiger partial charge in [0.25, 0.3) is 0 Å². The van der Waals surface area contributed by atoms with Crippen LogP contribution in [0.1, 0.15) is 31.0 Å². The summed E-state index contributed by atoms with van der Waals surface area (Å²) >= 11 is 0. The van der Waals surface area contributed by atoms with Crippen LogP contribution in [0, 0.1) is 12.3 Å². The Balaban J connectivity index is 1.72. The first-order valence-electron chi connectivity index (χ1n) is 8.18. The molecule has 0 bridgehead atoms. The first-order valence-corrected chi connectivity index (χ1v) is 8.18. The molecular formula is C18H24N4O. The van der Waals surface area contributed by atoms with Gasteiger partial charge in [0.2, 0.25) is 5.91 Å². The van der Waals surface area contributed by atoms with Crippen molar-refractivity contribution in [3.05, 3.63) is 47.8 Å². The number of hydrogen-bond donors (Lipinski definition) is 2. The molecule has 2 heterocycles.